The van der Waals surface area contributed by atoms with Crippen molar-refractivity contribution in [3.8, 4) is 11.5 Å². The van der Waals surface area contributed by atoms with E-state index in [0.29, 0.717) is 31.6 Å². The maximum absolute atomic E-state index is 13.1. The van der Waals surface area contributed by atoms with Gasteiger partial charge in [0.2, 0.25) is 11.8 Å². The van der Waals surface area contributed by atoms with E-state index in [1.807, 2.05) is 27.0 Å². The van der Waals surface area contributed by atoms with Crippen molar-refractivity contribution < 1.29 is 43.6 Å². The fourth-order valence-corrected chi connectivity index (χ4v) is 7.30. The molecular formula is C31H41N3O9. The summed E-state index contributed by atoms with van der Waals surface area (Å²) in [6.07, 6.45) is 1.20. The number of piperidine rings is 1. The third kappa shape index (κ3) is 5.24. The first kappa shape index (κ1) is 30.8. The molecule has 6 atom stereocenters. The van der Waals surface area contributed by atoms with E-state index in [-0.39, 0.29) is 48.8 Å². The minimum absolute atomic E-state index is 0.0323. The number of likely N-dealkylation sites (N-methyl/N-ethyl adjacent to an activating group) is 1. The summed E-state index contributed by atoms with van der Waals surface area (Å²) in [5, 5.41) is 28.1. The number of amides is 2. The highest BCUT2D eigenvalue weighted by molar-refractivity contribution is 5.87. The Balaban J connectivity index is 1.22. The van der Waals surface area contributed by atoms with Crippen LogP contribution >= 0.6 is 0 Å². The van der Waals surface area contributed by atoms with Crippen molar-refractivity contribution in [2.45, 2.75) is 95.1 Å². The van der Waals surface area contributed by atoms with Crippen LogP contribution in [0.15, 0.2) is 24.0 Å². The van der Waals surface area contributed by atoms with Gasteiger partial charge in [-0.2, -0.15) is 0 Å². The molecule has 5 rings (SSSR count). The number of aliphatic hydroxyl groups is 1. The molecule has 12 heteroatoms. The van der Waals surface area contributed by atoms with Crippen LogP contribution in [-0.2, 0) is 40.5 Å². The van der Waals surface area contributed by atoms with E-state index in [0.717, 1.165) is 11.1 Å². The molecule has 4 aliphatic rings. The molecule has 2 aliphatic carbocycles. The predicted octanol–water partition coefficient (Wildman–Crippen LogP) is 1.20. The van der Waals surface area contributed by atoms with Crippen LogP contribution in [0.4, 0.5) is 0 Å². The van der Waals surface area contributed by atoms with Crippen LogP contribution in [-0.4, -0.2) is 88.9 Å². The minimum Gasteiger partial charge on any atom is -0.504 e. The summed E-state index contributed by atoms with van der Waals surface area (Å²) >= 11 is 0. The Morgan fingerprint density at radius 1 is 1.21 bits per heavy atom. The number of carbonyl (C=O) groups is 4. The summed E-state index contributed by atoms with van der Waals surface area (Å²) in [6.45, 7) is 7.25. The van der Waals surface area contributed by atoms with E-state index >= 15 is 0 Å². The second-order valence-corrected chi connectivity index (χ2v) is 12.6. The quantitative estimate of drug-likeness (QED) is 0.287. The molecule has 2 aliphatic heterocycles. The van der Waals surface area contributed by atoms with Gasteiger partial charge in [-0.15, -0.1) is 0 Å². The van der Waals surface area contributed by atoms with Crippen LogP contribution in [0.1, 0.15) is 64.5 Å². The molecule has 12 nitrogen and oxygen atoms in total. The van der Waals surface area contributed by atoms with Gasteiger partial charge in [-0.3, -0.25) is 14.4 Å². The summed E-state index contributed by atoms with van der Waals surface area (Å²) in [4.78, 5) is 51.7. The first-order valence-corrected chi connectivity index (χ1v) is 14.9. The molecule has 1 spiro atoms. The molecule has 2 amide bonds. The van der Waals surface area contributed by atoms with Gasteiger partial charge in [0.25, 0.3) is 0 Å². The normalized spacial score (nSPS) is 28.1. The zero-order valence-corrected chi connectivity index (χ0v) is 25.3. The monoisotopic (exact) mass is 599 g/mol. The van der Waals surface area contributed by atoms with E-state index in [1.54, 1.807) is 12.1 Å². The number of phenols is 1. The molecule has 0 radical (unpaired) electrons. The van der Waals surface area contributed by atoms with Crippen LogP contribution in [0.5, 0.6) is 11.5 Å². The van der Waals surface area contributed by atoms with Crippen LogP contribution in [0.3, 0.4) is 0 Å². The van der Waals surface area contributed by atoms with Crippen molar-refractivity contribution in [3.63, 3.8) is 0 Å². The number of likely N-dealkylation sites (tertiary alicyclic amines) is 1. The van der Waals surface area contributed by atoms with E-state index in [1.165, 1.54) is 13.8 Å². The number of hydrogen-bond donors (Lipinski definition) is 4. The van der Waals surface area contributed by atoms with Gasteiger partial charge in [0.1, 0.15) is 11.8 Å². The maximum atomic E-state index is 13.1. The van der Waals surface area contributed by atoms with Crippen molar-refractivity contribution in [2.75, 3.05) is 20.1 Å². The largest absolute Gasteiger partial charge is 0.504 e. The molecule has 1 aromatic rings. The topological polar surface area (TPSA) is 164 Å². The van der Waals surface area contributed by atoms with E-state index < -0.39 is 47.1 Å². The smallest absolute Gasteiger partial charge is 0.352 e. The molecular weight excluding hydrogens is 558 g/mol. The number of phenolic OH excluding ortho intramolecular Hbond substituents is 1. The molecule has 1 fully saturated rings. The number of ether oxygens (including phenoxy) is 3. The van der Waals surface area contributed by atoms with Gasteiger partial charge in [-0.05, 0) is 63.4 Å². The third-order valence-corrected chi connectivity index (χ3v) is 9.24. The molecule has 2 bridgehead atoms. The standard InChI is InChI=1S/C31H41N3O9/c1-16(2)14-20(33-18(4)35)28(38)32-12-9-24(37)41-17(3)29(39)42-22-8-10-31(40)23-15-19-6-7-21(36)26-25(19)30(31,27(22)43-26)11-13-34(23)5/h6-8,16-17,20,23,27,36,40H,9-15H2,1-5H3,(H,32,38)(H,33,35)/t17?,20-,23+,27-,30-,31+/m0/s1. The van der Waals surface area contributed by atoms with Crippen LogP contribution in [0.2, 0.25) is 0 Å². The van der Waals surface area contributed by atoms with Gasteiger partial charge in [-0.25, -0.2) is 4.79 Å². The molecule has 4 N–H and O–H groups in total. The van der Waals surface area contributed by atoms with Gasteiger partial charge in [0.15, 0.2) is 23.7 Å². The Bertz CT molecular complexity index is 1360. The summed E-state index contributed by atoms with van der Waals surface area (Å²) in [7, 11) is 1.99. The summed E-state index contributed by atoms with van der Waals surface area (Å²) in [5.41, 5.74) is -0.324. The zero-order valence-electron chi connectivity index (χ0n) is 25.3. The lowest BCUT2D eigenvalue weighted by Gasteiger charge is -2.61. The zero-order chi connectivity index (χ0) is 31.3. The molecule has 1 aromatic carbocycles. The maximum Gasteiger partial charge on any atom is 0.352 e. The van der Waals surface area contributed by atoms with Crippen molar-refractivity contribution in [1.82, 2.24) is 15.5 Å². The van der Waals surface area contributed by atoms with Crippen LogP contribution in [0, 0.1) is 5.92 Å². The molecule has 1 saturated heterocycles. The number of nitrogens with zero attached hydrogens (tertiary/aromatic N) is 1. The number of hydrogen-bond acceptors (Lipinski definition) is 10. The Morgan fingerprint density at radius 2 is 1.95 bits per heavy atom. The predicted molar refractivity (Wildman–Crippen MR) is 153 cm³/mol. The molecule has 0 aromatic heterocycles. The molecule has 234 valence electrons. The lowest BCUT2D eigenvalue weighted by atomic mass is 9.50. The van der Waals surface area contributed by atoms with E-state index in [9.17, 15) is 29.4 Å². The summed E-state index contributed by atoms with van der Waals surface area (Å²) in [6, 6.07) is 2.56. The summed E-state index contributed by atoms with van der Waals surface area (Å²) in [5.74, 6) is -1.59. The van der Waals surface area contributed by atoms with Gasteiger partial charge >= 0.3 is 11.9 Å². The first-order chi connectivity index (χ1) is 20.3. The number of rotatable bonds is 10. The fourth-order valence-electron chi connectivity index (χ4n) is 7.30. The minimum atomic E-state index is -1.25. The Morgan fingerprint density at radius 3 is 2.65 bits per heavy atom. The lowest BCUT2D eigenvalue weighted by Crippen LogP contribution is -2.74. The Kier molecular flexibility index (Phi) is 8.21. The summed E-state index contributed by atoms with van der Waals surface area (Å²) < 4.78 is 17.3. The second kappa shape index (κ2) is 11.5. The SMILES string of the molecule is CC(=O)N[C@@H](CC(C)C)C(=O)NCCC(=O)OC(C)C(=O)OC1=CC[C@@]2(O)[C@H]3Cc4ccc(O)c5c4[C@@]2(CCN3C)[C@H]1O5. The molecule has 1 unspecified atom stereocenters. The fraction of sp³-hybridized carbons (Fsp3) is 0.613. The highest BCUT2D eigenvalue weighted by atomic mass is 16.6. The molecule has 0 saturated carbocycles. The van der Waals surface area contributed by atoms with Crippen molar-refractivity contribution in [1.29, 1.82) is 0 Å². The average Bonchev–Trinajstić information content (AvgIpc) is 3.29. The van der Waals surface area contributed by atoms with Crippen LogP contribution < -0.4 is 15.4 Å². The number of benzene rings is 1. The average molecular weight is 600 g/mol. The lowest BCUT2D eigenvalue weighted by molar-refractivity contribution is -0.175. The number of esters is 2. The van der Waals surface area contributed by atoms with Crippen molar-refractivity contribution in [2.24, 2.45) is 5.92 Å². The van der Waals surface area contributed by atoms with Gasteiger partial charge in [-0.1, -0.05) is 19.9 Å². The Hall–Kier alpha value is -3.64. The molecule has 43 heavy (non-hydrogen) atoms. The third-order valence-electron chi connectivity index (χ3n) is 9.24. The molecule has 2 heterocycles. The number of aromatic hydroxyl groups is 1. The van der Waals surface area contributed by atoms with Crippen molar-refractivity contribution >= 4 is 23.8 Å². The highest BCUT2D eigenvalue weighted by Crippen LogP contribution is 2.65. The van der Waals surface area contributed by atoms with E-state index in [4.69, 9.17) is 14.2 Å². The van der Waals surface area contributed by atoms with Gasteiger partial charge in [0, 0.05) is 31.5 Å². The van der Waals surface area contributed by atoms with Gasteiger partial charge in [0.05, 0.1) is 17.4 Å². The van der Waals surface area contributed by atoms with Crippen LogP contribution in [0.25, 0.3) is 0 Å². The second-order valence-electron chi connectivity index (χ2n) is 12.6. The Labute approximate surface area is 250 Å². The van der Waals surface area contributed by atoms with E-state index in [2.05, 4.69) is 15.5 Å². The van der Waals surface area contributed by atoms with Gasteiger partial charge < -0.3 is 40.0 Å². The highest BCUT2D eigenvalue weighted by Gasteiger charge is 2.72. The number of nitrogens with one attached hydrogen (secondary N) is 2. The van der Waals surface area contributed by atoms with Crippen molar-refractivity contribution in [3.05, 3.63) is 35.1 Å². The first-order valence-electron chi connectivity index (χ1n) is 14.9. The number of carbonyl (C=O) groups excluding carboxylic acids is 4.